The van der Waals surface area contributed by atoms with Crippen molar-refractivity contribution in [3.63, 3.8) is 0 Å². The molecule has 1 atom stereocenters. The van der Waals surface area contributed by atoms with Crippen LogP contribution in [0.2, 0.25) is 0 Å². The number of rotatable bonds is 6. The molecule has 3 nitrogen and oxygen atoms in total. The molecule has 1 aromatic rings. The first kappa shape index (κ1) is 16.0. The summed E-state index contributed by atoms with van der Waals surface area (Å²) in [4.78, 5) is 2.46. The lowest BCUT2D eigenvalue weighted by Gasteiger charge is -2.39. The Balaban J connectivity index is 2.08. The van der Waals surface area contributed by atoms with Crippen molar-refractivity contribution in [2.45, 2.75) is 57.5 Å². The quantitative estimate of drug-likeness (QED) is 0.615. The molecule has 0 aromatic heterocycles. The van der Waals surface area contributed by atoms with E-state index in [0.29, 0.717) is 12.5 Å². The Morgan fingerprint density at radius 3 is 2.38 bits per heavy atom. The van der Waals surface area contributed by atoms with E-state index in [2.05, 4.69) is 43.1 Å². The van der Waals surface area contributed by atoms with Crippen molar-refractivity contribution in [2.75, 3.05) is 7.05 Å². The maximum Gasteiger partial charge on any atom is 0.0924 e. The van der Waals surface area contributed by atoms with Gasteiger partial charge in [0.1, 0.15) is 0 Å². The molecule has 0 spiro atoms. The highest BCUT2D eigenvalue weighted by Crippen LogP contribution is 2.33. The van der Waals surface area contributed by atoms with Crippen molar-refractivity contribution < 1.29 is 0 Å². The van der Waals surface area contributed by atoms with Crippen LogP contribution >= 0.6 is 0 Å². The van der Waals surface area contributed by atoms with Crippen LogP contribution in [0.4, 0.5) is 0 Å². The summed E-state index contributed by atoms with van der Waals surface area (Å²) in [6.45, 7) is 2.30. The van der Waals surface area contributed by atoms with Crippen LogP contribution < -0.4 is 5.73 Å². The van der Waals surface area contributed by atoms with Gasteiger partial charge in [-0.05, 0) is 44.2 Å². The van der Waals surface area contributed by atoms with Crippen LogP contribution in [-0.2, 0) is 0 Å². The average Bonchev–Trinajstić information content (AvgIpc) is 2.53. The van der Waals surface area contributed by atoms with Crippen LogP contribution in [0.15, 0.2) is 30.3 Å². The van der Waals surface area contributed by atoms with Gasteiger partial charge in [-0.2, -0.15) is 0 Å². The molecule has 116 valence electrons. The third-order valence-electron chi connectivity index (χ3n) is 5.06. The van der Waals surface area contributed by atoms with Gasteiger partial charge in [0.2, 0.25) is 0 Å². The van der Waals surface area contributed by atoms with E-state index in [0.717, 1.165) is 5.92 Å². The number of amidine groups is 1. The highest BCUT2D eigenvalue weighted by atomic mass is 15.2. The minimum atomic E-state index is 0.229. The Bertz CT molecular complexity index is 435. The van der Waals surface area contributed by atoms with Crippen molar-refractivity contribution in [1.29, 1.82) is 5.41 Å². The summed E-state index contributed by atoms with van der Waals surface area (Å²) in [5.41, 5.74) is 6.97. The largest absolute Gasteiger partial charge is 0.388 e. The predicted molar refractivity (Wildman–Crippen MR) is 89.5 cm³/mol. The number of nitrogens with zero attached hydrogens (tertiary/aromatic N) is 1. The van der Waals surface area contributed by atoms with Gasteiger partial charge < -0.3 is 5.73 Å². The monoisotopic (exact) mass is 287 g/mol. The molecule has 0 heterocycles. The summed E-state index contributed by atoms with van der Waals surface area (Å²) in [7, 11) is 2.21. The van der Waals surface area contributed by atoms with E-state index in [9.17, 15) is 0 Å². The maximum absolute atomic E-state index is 7.69. The SMILES string of the molecule is CCC1CCC(N(C)C(CC(=N)N)c2ccccc2)CC1. The Kier molecular flexibility index (Phi) is 5.80. The van der Waals surface area contributed by atoms with Crippen LogP contribution in [-0.4, -0.2) is 23.8 Å². The number of nitrogens with two attached hydrogens (primary N) is 1. The highest BCUT2D eigenvalue weighted by Gasteiger charge is 2.28. The molecular weight excluding hydrogens is 258 g/mol. The highest BCUT2D eigenvalue weighted by molar-refractivity contribution is 5.77. The molecule has 0 radical (unpaired) electrons. The van der Waals surface area contributed by atoms with Gasteiger partial charge in [-0.1, -0.05) is 43.7 Å². The third kappa shape index (κ3) is 4.31. The van der Waals surface area contributed by atoms with Crippen molar-refractivity contribution in [3.05, 3.63) is 35.9 Å². The molecule has 1 saturated carbocycles. The zero-order valence-electron chi connectivity index (χ0n) is 13.4. The molecule has 0 amide bonds. The lowest BCUT2D eigenvalue weighted by atomic mass is 9.83. The molecule has 3 heteroatoms. The molecule has 0 bridgehead atoms. The van der Waals surface area contributed by atoms with Gasteiger partial charge in [0, 0.05) is 18.5 Å². The fourth-order valence-corrected chi connectivity index (χ4v) is 3.60. The fraction of sp³-hybridized carbons (Fsp3) is 0.611. The second-order valence-corrected chi connectivity index (χ2v) is 6.40. The summed E-state index contributed by atoms with van der Waals surface area (Å²) >= 11 is 0. The van der Waals surface area contributed by atoms with Crippen molar-refractivity contribution in [3.8, 4) is 0 Å². The van der Waals surface area contributed by atoms with Crippen LogP contribution in [0, 0.1) is 11.3 Å². The third-order valence-corrected chi connectivity index (χ3v) is 5.06. The zero-order valence-corrected chi connectivity index (χ0v) is 13.4. The molecule has 1 fully saturated rings. The first-order valence-corrected chi connectivity index (χ1v) is 8.21. The summed E-state index contributed by atoms with van der Waals surface area (Å²) in [5, 5.41) is 7.69. The Labute approximate surface area is 129 Å². The van der Waals surface area contributed by atoms with Crippen molar-refractivity contribution in [1.82, 2.24) is 4.90 Å². The second kappa shape index (κ2) is 7.60. The maximum atomic E-state index is 7.69. The standard InChI is InChI=1S/C18H29N3/c1-3-14-9-11-16(12-10-14)21(2)17(13-18(19)20)15-7-5-4-6-8-15/h4-8,14,16-17H,3,9-13H2,1-2H3,(H3,19,20). The molecule has 3 N–H and O–H groups in total. The molecule has 2 rings (SSSR count). The molecule has 1 unspecified atom stereocenters. The first-order valence-electron chi connectivity index (χ1n) is 8.21. The Morgan fingerprint density at radius 1 is 1.24 bits per heavy atom. The minimum Gasteiger partial charge on any atom is -0.388 e. The van der Waals surface area contributed by atoms with Gasteiger partial charge in [0.25, 0.3) is 0 Å². The van der Waals surface area contributed by atoms with Gasteiger partial charge in [-0.3, -0.25) is 10.3 Å². The van der Waals surface area contributed by atoms with E-state index in [1.807, 2.05) is 6.07 Å². The van der Waals surface area contributed by atoms with Crippen molar-refractivity contribution >= 4 is 5.84 Å². The van der Waals surface area contributed by atoms with E-state index < -0.39 is 0 Å². The number of hydrogen-bond donors (Lipinski definition) is 2. The molecular formula is C18H29N3. The van der Waals surface area contributed by atoms with Gasteiger partial charge in [0.05, 0.1) is 5.84 Å². The first-order chi connectivity index (χ1) is 10.1. The van der Waals surface area contributed by atoms with Gasteiger partial charge in [-0.15, -0.1) is 0 Å². The number of nitrogens with one attached hydrogen (secondary N) is 1. The molecule has 21 heavy (non-hydrogen) atoms. The smallest absolute Gasteiger partial charge is 0.0924 e. The summed E-state index contributed by atoms with van der Waals surface area (Å²) in [5.74, 6) is 1.19. The van der Waals surface area contributed by atoms with E-state index >= 15 is 0 Å². The van der Waals surface area contributed by atoms with Gasteiger partial charge in [0.15, 0.2) is 0 Å². The Hall–Kier alpha value is -1.35. The topological polar surface area (TPSA) is 53.1 Å². The predicted octanol–water partition coefficient (Wildman–Crippen LogP) is 3.95. The molecule has 1 aromatic carbocycles. The summed E-state index contributed by atoms with van der Waals surface area (Å²) in [6, 6.07) is 11.4. The molecule has 0 aliphatic heterocycles. The normalized spacial score (nSPS) is 24.0. The van der Waals surface area contributed by atoms with E-state index in [4.69, 9.17) is 11.1 Å². The molecule has 1 aliphatic rings. The molecule has 1 aliphatic carbocycles. The van der Waals surface area contributed by atoms with Crippen LogP contribution in [0.5, 0.6) is 0 Å². The number of benzene rings is 1. The van der Waals surface area contributed by atoms with Crippen LogP contribution in [0.3, 0.4) is 0 Å². The van der Waals surface area contributed by atoms with Gasteiger partial charge in [-0.25, -0.2) is 0 Å². The van der Waals surface area contributed by atoms with E-state index in [1.165, 1.54) is 37.7 Å². The summed E-state index contributed by atoms with van der Waals surface area (Å²) < 4.78 is 0. The lowest BCUT2D eigenvalue weighted by molar-refractivity contribution is 0.121. The fourth-order valence-electron chi connectivity index (χ4n) is 3.60. The van der Waals surface area contributed by atoms with Crippen LogP contribution in [0.1, 0.15) is 57.1 Å². The van der Waals surface area contributed by atoms with E-state index in [-0.39, 0.29) is 11.9 Å². The lowest BCUT2D eigenvalue weighted by Crippen LogP contribution is -2.39. The summed E-state index contributed by atoms with van der Waals surface area (Å²) in [6.07, 6.45) is 7.16. The average molecular weight is 287 g/mol. The van der Waals surface area contributed by atoms with Crippen molar-refractivity contribution in [2.24, 2.45) is 11.7 Å². The Morgan fingerprint density at radius 2 is 1.86 bits per heavy atom. The second-order valence-electron chi connectivity index (χ2n) is 6.40. The minimum absolute atomic E-state index is 0.229. The molecule has 0 saturated heterocycles. The number of hydrogen-bond acceptors (Lipinski definition) is 2. The van der Waals surface area contributed by atoms with E-state index in [1.54, 1.807) is 0 Å². The van der Waals surface area contributed by atoms with Gasteiger partial charge >= 0.3 is 0 Å². The zero-order chi connectivity index (χ0) is 15.2. The van der Waals surface area contributed by atoms with Crippen LogP contribution in [0.25, 0.3) is 0 Å².